The molecule has 0 saturated heterocycles. The van der Waals surface area contributed by atoms with Crippen LogP contribution >= 0.6 is 0 Å². The highest BCUT2D eigenvalue weighted by molar-refractivity contribution is 5.95. The molecule has 1 aromatic carbocycles. The Morgan fingerprint density at radius 1 is 1.38 bits per heavy atom. The first-order valence-corrected chi connectivity index (χ1v) is 7.20. The number of aliphatic carboxylic acids is 1. The third kappa shape index (κ3) is 3.94. The Kier molecular flexibility index (Phi) is 4.46. The van der Waals surface area contributed by atoms with E-state index in [0.717, 1.165) is 25.3 Å². The molecule has 4 heteroatoms. The average molecular weight is 287 g/mol. The summed E-state index contributed by atoms with van der Waals surface area (Å²) in [6.45, 7) is 4.36. The second-order valence-corrected chi connectivity index (χ2v) is 6.20. The molecule has 1 aliphatic carbocycles. The van der Waals surface area contributed by atoms with Gasteiger partial charge >= 0.3 is 5.97 Å². The molecule has 0 aromatic heterocycles. The SMILES string of the molecule is CC1(C)CCCC1NC(=O)c1cccc(C=CC(=O)O)c1. The Labute approximate surface area is 124 Å². The Morgan fingerprint density at radius 2 is 2.14 bits per heavy atom. The van der Waals surface area contributed by atoms with E-state index in [1.165, 1.54) is 6.08 Å². The summed E-state index contributed by atoms with van der Waals surface area (Å²) >= 11 is 0. The first-order chi connectivity index (χ1) is 9.88. The van der Waals surface area contributed by atoms with Crippen LogP contribution in [0.3, 0.4) is 0 Å². The summed E-state index contributed by atoms with van der Waals surface area (Å²) in [7, 11) is 0. The first-order valence-electron chi connectivity index (χ1n) is 7.20. The summed E-state index contributed by atoms with van der Waals surface area (Å²) in [5, 5.41) is 11.7. The van der Waals surface area contributed by atoms with Gasteiger partial charge in [-0.05, 0) is 42.0 Å². The Bertz CT molecular complexity index is 575. The highest BCUT2D eigenvalue weighted by atomic mass is 16.4. The Hall–Kier alpha value is -2.10. The summed E-state index contributed by atoms with van der Waals surface area (Å²) in [4.78, 5) is 22.9. The van der Waals surface area contributed by atoms with Crippen molar-refractivity contribution in [3.63, 3.8) is 0 Å². The van der Waals surface area contributed by atoms with Gasteiger partial charge in [0.2, 0.25) is 0 Å². The minimum absolute atomic E-state index is 0.0967. The predicted molar refractivity (Wildman–Crippen MR) is 82.0 cm³/mol. The van der Waals surface area contributed by atoms with Crippen molar-refractivity contribution < 1.29 is 14.7 Å². The molecule has 0 radical (unpaired) electrons. The second kappa shape index (κ2) is 6.12. The molecule has 1 fully saturated rings. The Morgan fingerprint density at radius 3 is 2.76 bits per heavy atom. The van der Waals surface area contributed by atoms with Crippen LogP contribution in [0.4, 0.5) is 0 Å². The van der Waals surface area contributed by atoms with Gasteiger partial charge in [-0.15, -0.1) is 0 Å². The predicted octanol–water partition coefficient (Wildman–Crippen LogP) is 3.09. The quantitative estimate of drug-likeness (QED) is 0.836. The van der Waals surface area contributed by atoms with Crippen LogP contribution in [-0.4, -0.2) is 23.0 Å². The zero-order valence-corrected chi connectivity index (χ0v) is 12.4. The fourth-order valence-electron chi connectivity index (χ4n) is 2.79. The van der Waals surface area contributed by atoms with Gasteiger partial charge in [0.25, 0.3) is 5.91 Å². The lowest BCUT2D eigenvalue weighted by atomic mass is 9.87. The fourth-order valence-corrected chi connectivity index (χ4v) is 2.79. The van der Waals surface area contributed by atoms with Gasteiger partial charge in [-0.25, -0.2) is 4.79 Å². The van der Waals surface area contributed by atoms with Crippen LogP contribution in [0.25, 0.3) is 6.08 Å². The Balaban J connectivity index is 2.09. The number of hydrogen-bond donors (Lipinski definition) is 2. The molecule has 21 heavy (non-hydrogen) atoms. The van der Waals surface area contributed by atoms with Crippen molar-refractivity contribution in [2.45, 2.75) is 39.2 Å². The highest BCUT2D eigenvalue weighted by Crippen LogP contribution is 2.37. The lowest BCUT2D eigenvalue weighted by Crippen LogP contribution is -2.41. The van der Waals surface area contributed by atoms with Crippen LogP contribution in [-0.2, 0) is 4.79 Å². The fraction of sp³-hybridized carbons (Fsp3) is 0.412. The van der Waals surface area contributed by atoms with Crippen LogP contribution in [0, 0.1) is 5.41 Å². The molecule has 0 bridgehead atoms. The lowest BCUT2D eigenvalue weighted by molar-refractivity contribution is -0.131. The van der Waals surface area contributed by atoms with E-state index in [4.69, 9.17) is 5.11 Å². The molecule has 1 aliphatic rings. The molecular formula is C17H21NO3. The van der Waals surface area contributed by atoms with Gasteiger partial charge in [-0.2, -0.15) is 0 Å². The van der Waals surface area contributed by atoms with Gasteiger partial charge in [0, 0.05) is 17.7 Å². The molecule has 0 aliphatic heterocycles. The number of rotatable bonds is 4. The van der Waals surface area contributed by atoms with Gasteiger partial charge in [-0.3, -0.25) is 4.79 Å². The number of carboxylic acid groups (broad SMARTS) is 1. The number of nitrogens with one attached hydrogen (secondary N) is 1. The van der Waals surface area contributed by atoms with E-state index in [9.17, 15) is 9.59 Å². The molecule has 0 heterocycles. The maximum absolute atomic E-state index is 12.3. The number of benzene rings is 1. The van der Waals surface area contributed by atoms with Crippen molar-refractivity contribution in [2.24, 2.45) is 5.41 Å². The normalized spacial score (nSPS) is 20.6. The number of carboxylic acids is 1. The van der Waals surface area contributed by atoms with Crippen molar-refractivity contribution in [3.8, 4) is 0 Å². The van der Waals surface area contributed by atoms with Crippen molar-refractivity contribution in [1.82, 2.24) is 5.32 Å². The van der Waals surface area contributed by atoms with E-state index in [-0.39, 0.29) is 17.4 Å². The first kappa shape index (κ1) is 15.3. The van der Waals surface area contributed by atoms with E-state index < -0.39 is 5.97 Å². The zero-order valence-electron chi connectivity index (χ0n) is 12.4. The van der Waals surface area contributed by atoms with Crippen molar-refractivity contribution in [2.75, 3.05) is 0 Å². The molecular weight excluding hydrogens is 266 g/mol. The van der Waals surface area contributed by atoms with Gasteiger partial charge < -0.3 is 10.4 Å². The van der Waals surface area contributed by atoms with Crippen LogP contribution < -0.4 is 5.32 Å². The van der Waals surface area contributed by atoms with E-state index in [1.807, 2.05) is 0 Å². The van der Waals surface area contributed by atoms with E-state index >= 15 is 0 Å². The molecule has 1 atom stereocenters. The molecule has 4 nitrogen and oxygen atoms in total. The van der Waals surface area contributed by atoms with Crippen LogP contribution in [0.5, 0.6) is 0 Å². The van der Waals surface area contributed by atoms with Crippen LogP contribution in [0.1, 0.15) is 49.0 Å². The van der Waals surface area contributed by atoms with Crippen molar-refractivity contribution in [3.05, 3.63) is 41.5 Å². The maximum atomic E-state index is 12.3. The average Bonchev–Trinajstić information content (AvgIpc) is 2.76. The summed E-state index contributed by atoms with van der Waals surface area (Å²) in [5.74, 6) is -1.10. The number of carbonyl (C=O) groups is 2. The van der Waals surface area contributed by atoms with Crippen molar-refractivity contribution in [1.29, 1.82) is 0 Å². The van der Waals surface area contributed by atoms with Gasteiger partial charge in [-0.1, -0.05) is 32.4 Å². The van der Waals surface area contributed by atoms with E-state index in [0.29, 0.717) is 11.1 Å². The third-order valence-electron chi connectivity index (χ3n) is 4.13. The standard InChI is InChI=1S/C17H21NO3/c1-17(2)10-4-7-14(17)18-16(21)13-6-3-5-12(11-13)8-9-15(19)20/h3,5-6,8-9,11,14H,4,7,10H2,1-2H3,(H,18,21)(H,19,20). The number of amides is 1. The zero-order chi connectivity index (χ0) is 15.5. The van der Waals surface area contributed by atoms with Crippen LogP contribution in [0.2, 0.25) is 0 Å². The number of hydrogen-bond acceptors (Lipinski definition) is 2. The van der Waals surface area contributed by atoms with E-state index in [2.05, 4.69) is 19.2 Å². The topological polar surface area (TPSA) is 66.4 Å². The summed E-state index contributed by atoms with van der Waals surface area (Å²) in [5.41, 5.74) is 1.40. The molecule has 112 valence electrons. The highest BCUT2D eigenvalue weighted by Gasteiger charge is 2.35. The molecule has 2 rings (SSSR count). The largest absolute Gasteiger partial charge is 0.478 e. The molecule has 1 aromatic rings. The molecule has 1 amide bonds. The lowest BCUT2D eigenvalue weighted by Gasteiger charge is -2.27. The van der Waals surface area contributed by atoms with E-state index in [1.54, 1.807) is 24.3 Å². The van der Waals surface area contributed by atoms with Gasteiger partial charge in [0.1, 0.15) is 0 Å². The summed E-state index contributed by atoms with van der Waals surface area (Å²) < 4.78 is 0. The minimum Gasteiger partial charge on any atom is -0.478 e. The maximum Gasteiger partial charge on any atom is 0.328 e. The summed E-state index contributed by atoms with van der Waals surface area (Å²) in [6.07, 6.45) is 5.83. The molecule has 1 saturated carbocycles. The number of carbonyl (C=O) groups excluding carboxylic acids is 1. The van der Waals surface area contributed by atoms with Gasteiger partial charge in [0.05, 0.1) is 0 Å². The smallest absolute Gasteiger partial charge is 0.328 e. The van der Waals surface area contributed by atoms with Crippen LogP contribution in [0.15, 0.2) is 30.3 Å². The molecule has 2 N–H and O–H groups in total. The molecule has 1 unspecified atom stereocenters. The van der Waals surface area contributed by atoms with Gasteiger partial charge in [0.15, 0.2) is 0 Å². The third-order valence-corrected chi connectivity index (χ3v) is 4.13. The van der Waals surface area contributed by atoms with Crippen molar-refractivity contribution >= 4 is 18.0 Å². The summed E-state index contributed by atoms with van der Waals surface area (Å²) in [6, 6.07) is 7.18. The minimum atomic E-state index is -1.00. The second-order valence-electron chi connectivity index (χ2n) is 6.20. The monoisotopic (exact) mass is 287 g/mol. The molecule has 0 spiro atoms.